The van der Waals surface area contributed by atoms with Crippen molar-refractivity contribution in [3.8, 4) is 0 Å². The molecule has 0 aromatic carbocycles. The van der Waals surface area contributed by atoms with Gasteiger partial charge in [0.25, 0.3) is 0 Å². The second kappa shape index (κ2) is 6.67. The highest BCUT2D eigenvalue weighted by atomic mass is 16.2. The van der Waals surface area contributed by atoms with E-state index in [1.54, 1.807) is 0 Å². The molecule has 1 aliphatic heterocycles. The van der Waals surface area contributed by atoms with Crippen LogP contribution in [0.5, 0.6) is 0 Å². The minimum Gasteiger partial charge on any atom is -0.356 e. The monoisotopic (exact) mass is 293 g/mol. The average molecular weight is 293 g/mol. The number of amides is 3. The van der Waals surface area contributed by atoms with Gasteiger partial charge in [0, 0.05) is 26.2 Å². The highest BCUT2D eigenvalue weighted by Gasteiger charge is 2.30. The molecule has 1 atom stereocenters. The summed E-state index contributed by atoms with van der Waals surface area (Å²) < 4.78 is 0. The van der Waals surface area contributed by atoms with E-state index in [-0.39, 0.29) is 17.9 Å². The summed E-state index contributed by atoms with van der Waals surface area (Å²) in [5.41, 5.74) is 0. The summed E-state index contributed by atoms with van der Waals surface area (Å²) >= 11 is 0. The largest absolute Gasteiger partial charge is 0.356 e. The molecule has 0 bridgehead atoms. The molecule has 3 amide bonds. The zero-order valence-corrected chi connectivity index (χ0v) is 12.8. The maximum absolute atomic E-state index is 12.2. The van der Waals surface area contributed by atoms with Crippen LogP contribution >= 0.6 is 0 Å². The molecule has 0 radical (unpaired) electrons. The summed E-state index contributed by atoms with van der Waals surface area (Å²) in [4.78, 5) is 26.1. The van der Waals surface area contributed by atoms with E-state index < -0.39 is 0 Å². The Balaban J connectivity index is 1.40. The number of rotatable bonds is 5. The van der Waals surface area contributed by atoms with E-state index in [0.29, 0.717) is 18.4 Å². The third-order valence-corrected chi connectivity index (χ3v) is 5.11. The molecular weight excluding hydrogens is 266 g/mol. The predicted molar refractivity (Wildman–Crippen MR) is 80.8 cm³/mol. The molecule has 3 fully saturated rings. The molecule has 3 aliphatic rings. The third kappa shape index (κ3) is 4.11. The maximum Gasteiger partial charge on any atom is 0.317 e. The minimum absolute atomic E-state index is 0.0154. The van der Waals surface area contributed by atoms with Crippen molar-refractivity contribution in [3.63, 3.8) is 0 Å². The Morgan fingerprint density at radius 2 is 1.62 bits per heavy atom. The molecule has 21 heavy (non-hydrogen) atoms. The van der Waals surface area contributed by atoms with E-state index >= 15 is 0 Å². The molecular formula is C16H27N3O2. The van der Waals surface area contributed by atoms with Gasteiger partial charge in [0.15, 0.2) is 0 Å². The molecule has 2 aliphatic carbocycles. The zero-order chi connectivity index (χ0) is 14.7. The summed E-state index contributed by atoms with van der Waals surface area (Å²) in [5, 5.41) is 6.07. The van der Waals surface area contributed by atoms with Crippen LogP contribution in [0.25, 0.3) is 0 Å². The van der Waals surface area contributed by atoms with Crippen molar-refractivity contribution in [2.75, 3.05) is 26.2 Å². The highest BCUT2D eigenvalue weighted by Crippen LogP contribution is 2.28. The van der Waals surface area contributed by atoms with Crippen molar-refractivity contribution in [1.82, 2.24) is 15.5 Å². The SMILES string of the molecule is O=C(NCC1CC1)[C@@H]1CCCN(C(=O)NCC2CCC2)C1. The Bertz CT molecular complexity index is 391. The zero-order valence-electron chi connectivity index (χ0n) is 12.8. The number of likely N-dealkylation sites (tertiary alicyclic amines) is 1. The Morgan fingerprint density at radius 3 is 2.29 bits per heavy atom. The van der Waals surface area contributed by atoms with E-state index in [1.165, 1.54) is 32.1 Å². The Labute approximate surface area is 126 Å². The molecule has 5 heteroatoms. The van der Waals surface area contributed by atoms with Crippen LogP contribution in [0.2, 0.25) is 0 Å². The van der Waals surface area contributed by atoms with Crippen LogP contribution in [0.3, 0.4) is 0 Å². The summed E-state index contributed by atoms with van der Waals surface area (Å²) in [7, 11) is 0. The molecule has 118 valence electrons. The molecule has 1 heterocycles. The van der Waals surface area contributed by atoms with Crippen LogP contribution in [-0.4, -0.2) is 43.0 Å². The molecule has 0 spiro atoms. The lowest BCUT2D eigenvalue weighted by molar-refractivity contribution is -0.126. The van der Waals surface area contributed by atoms with Gasteiger partial charge in [-0.15, -0.1) is 0 Å². The van der Waals surface area contributed by atoms with E-state index in [9.17, 15) is 9.59 Å². The van der Waals surface area contributed by atoms with Gasteiger partial charge in [-0.2, -0.15) is 0 Å². The number of carbonyl (C=O) groups excluding carboxylic acids is 2. The number of hydrogen-bond donors (Lipinski definition) is 2. The molecule has 2 saturated carbocycles. The topological polar surface area (TPSA) is 61.4 Å². The van der Waals surface area contributed by atoms with Crippen molar-refractivity contribution in [2.24, 2.45) is 17.8 Å². The lowest BCUT2D eigenvalue weighted by Gasteiger charge is -2.33. The predicted octanol–water partition coefficient (Wildman–Crippen LogP) is 1.73. The van der Waals surface area contributed by atoms with Crippen molar-refractivity contribution in [3.05, 3.63) is 0 Å². The quantitative estimate of drug-likeness (QED) is 0.811. The summed E-state index contributed by atoms with van der Waals surface area (Å²) in [6.07, 6.45) is 8.12. The number of hydrogen-bond acceptors (Lipinski definition) is 2. The van der Waals surface area contributed by atoms with Gasteiger partial charge < -0.3 is 15.5 Å². The number of piperidine rings is 1. The normalized spacial score (nSPS) is 26.1. The molecule has 0 aromatic heterocycles. The first-order valence-electron chi connectivity index (χ1n) is 8.53. The fraction of sp³-hybridized carbons (Fsp3) is 0.875. The number of urea groups is 1. The second-order valence-electron chi connectivity index (χ2n) is 6.96. The van der Waals surface area contributed by atoms with Gasteiger partial charge in [-0.05, 0) is 50.4 Å². The van der Waals surface area contributed by atoms with Crippen LogP contribution in [0.15, 0.2) is 0 Å². The maximum atomic E-state index is 12.2. The number of nitrogens with one attached hydrogen (secondary N) is 2. The van der Waals surface area contributed by atoms with Crippen LogP contribution < -0.4 is 10.6 Å². The molecule has 5 nitrogen and oxygen atoms in total. The highest BCUT2D eigenvalue weighted by molar-refractivity contribution is 5.80. The van der Waals surface area contributed by atoms with Crippen molar-refractivity contribution in [1.29, 1.82) is 0 Å². The van der Waals surface area contributed by atoms with E-state index in [4.69, 9.17) is 0 Å². The van der Waals surface area contributed by atoms with E-state index in [2.05, 4.69) is 10.6 Å². The van der Waals surface area contributed by atoms with E-state index in [1.807, 2.05) is 4.90 Å². The van der Waals surface area contributed by atoms with Crippen molar-refractivity contribution in [2.45, 2.75) is 44.9 Å². The minimum atomic E-state index is -0.0213. The molecule has 2 N–H and O–H groups in total. The number of nitrogens with zero attached hydrogens (tertiary/aromatic N) is 1. The van der Waals surface area contributed by atoms with Crippen LogP contribution in [0, 0.1) is 17.8 Å². The van der Waals surface area contributed by atoms with Gasteiger partial charge in [0.1, 0.15) is 0 Å². The van der Waals surface area contributed by atoms with Gasteiger partial charge in [-0.1, -0.05) is 6.42 Å². The summed E-state index contributed by atoms with van der Waals surface area (Å²) in [6, 6.07) is 0.0154. The second-order valence-corrected chi connectivity index (χ2v) is 6.96. The lowest BCUT2D eigenvalue weighted by Crippen LogP contribution is -2.50. The standard InChI is InChI=1S/C16H27N3O2/c20-15(17-9-13-6-7-13)14-5-2-8-19(11-14)16(21)18-10-12-3-1-4-12/h12-14H,1-11H2,(H,17,20)(H,18,21)/t14-/m1/s1. The average Bonchev–Trinajstić information content (AvgIpc) is 3.27. The van der Waals surface area contributed by atoms with Crippen molar-refractivity contribution < 1.29 is 9.59 Å². The third-order valence-electron chi connectivity index (χ3n) is 5.11. The van der Waals surface area contributed by atoms with Crippen LogP contribution in [0.4, 0.5) is 4.79 Å². The van der Waals surface area contributed by atoms with Gasteiger partial charge >= 0.3 is 6.03 Å². The summed E-state index contributed by atoms with van der Waals surface area (Å²) in [6.45, 7) is 2.98. The number of carbonyl (C=O) groups is 2. The smallest absolute Gasteiger partial charge is 0.317 e. The van der Waals surface area contributed by atoms with E-state index in [0.717, 1.165) is 32.5 Å². The first-order valence-corrected chi connectivity index (χ1v) is 8.53. The van der Waals surface area contributed by atoms with Gasteiger partial charge in [-0.25, -0.2) is 4.79 Å². The lowest BCUT2D eigenvalue weighted by atomic mass is 9.85. The molecule has 1 saturated heterocycles. The van der Waals surface area contributed by atoms with Gasteiger partial charge in [0.2, 0.25) is 5.91 Å². The van der Waals surface area contributed by atoms with Gasteiger partial charge in [0.05, 0.1) is 5.92 Å². The van der Waals surface area contributed by atoms with Crippen LogP contribution in [-0.2, 0) is 4.79 Å². The first-order chi connectivity index (χ1) is 10.2. The molecule has 0 unspecified atom stereocenters. The first kappa shape index (κ1) is 14.7. The Morgan fingerprint density at radius 1 is 0.905 bits per heavy atom. The molecule has 3 rings (SSSR count). The Hall–Kier alpha value is -1.26. The fourth-order valence-corrected chi connectivity index (χ4v) is 3.13. The summed E-state index contributed by atoms with van der Waals surface area (Å²) in [5.74, 6) is 1.50. The van der Waals surface area contributed by atoms with Gasteiger partial charge in [-0.3, -0.25) is 4.79 Å². The van der Waals surface area contributed by atoms with Crippen LogP contribution in [0.1, 0.15) is 44.9 Å². The fourth-order valence-electron chi connectivity index (χ4n) is 3.13. The Kier molecular flexibility index (Phi) is 4.66. The molecule has 0 aromatic rings. The van der Waals surface area contributed by atoms with Crippen molar-refractivity contribution >= 4 is 11.9 Å².